The monoisotopic (exact) mass is 423 g/mol. The van der Waals surface area contributed by atoms with Crippen LogP contribution in [0.25, 0.3) is 22.1 Å². The lowest BCUT2D eigenvalue weighted by molar-refractivity contribution is -0.125. The van der Waals surface area contributed by atoms with Gasteiger partial charge in [-0.05, 0) is 31.5 Å². The van der Waals surface area contributed by atoms with Crippen molar-refractivity contribution in [1.29, 1.82) is 0 Å². The summed E-state index contributed by atoms with van der Waals surface area (Å²) in [5, 5.41) is 11.4. The Morgan fingerprint density at radius 3 is 2.90 bits per heavy atom. The van der Waals surface area contributed by atoms with Crippen molar-refractivity contribution in [2.24, 2.45) is 0 Å². The van der Waals surface area contributed by atoms with Crippen LogP contribution in [0.1, 0.15) is 30.3 Å². The molecule has 29 heavy (non-hydrogen) atoms. The Labute approximate surface area is 169 Å². The maximum atomic E-state index is 12.3. The highest BCUT2D eigenvalue weighted by atomic mass is 32.1. The summed E-state index contributed by atoms with van der Waals surface area (Å²) in [6, 6.07) is 5.66. The molecule has 0 spiro atoms. The van der Waals surface area contributed by atoms with E-state index in [0.717, 1.165) is 32.5 Å². The first kappa shape index (κ1) is 19.8. The van der Waals surface area contributed by atoms with Crippen LogP contribution in [-0.2, 0) is 13.0 Å². The third-order valence-corrected chi connectivity index (χ3v) is 5.67. The first-order chi connectivity index (χ1) is 13.8. The number of ether oxygens (including phenoxy) is 1. The Bertz CT molecular complexity index is 1010. The Kier molecular flexibility index (Phi) is 5.30. The topological polar surface area (TPSA) is 64.9 Å². The standard InChI is InChI=1S/C19H20F3N5OS/c1-11(2)27-10-24-26-17(27)18-25-16-13-4-3-12(8-23-9-19(20,21)22)7-14(13)28-6-5-15(16)29-18/h3-4,7,10-11,23H,5-6,8-9H2,1-2H3. The molecule has 0 saturated carbocycles. The predicted octanol–water partition coefficient (Wildman–Crippen LogP) is 4.24. The Balaban J connectivity index is 1.63. The molecule has 2 aromatic heterocycles. The summed E-state index contributed by atoms with van der Waals surface area (Å²) in [5.41, 5.74) is 2.41. The van der Waals surface area contributed by atoms with Crippen LogP contribution in [0.15, 0.2) is 24.5 Å². The molecule has 6 nitrogen and oxygen atoms in total. The van der Waals surface area contributed by atoms with Gasteiger partial charge in [0.2, 0.25) is 0 Å². The lowest BCUT2D eigenvalue weighted by Gasteiger charge is -2.11. The summed E-state index contributed by atoms with van der Waals surface area (Å²) in [4.78, 5) is 5.91. The molecule has 1 aromatic carbocycles. The Hall–Kier alpha value is -2.46. The highest BCUT2D eigenvalue weighted by Crippen LogP contribution is 2.40. The average Bonchev–Trinajstić information content (AvgIpc) is 3.25. The Morgan fingerprint density at radius 2 is 2.14 bits per heavy atom. The van der Waals surface area contributed by atoms with Crippen LogP contribution in [0, 0.1) is 0 Å². The number of nitrogens with zero attached hydrogens (tertiary/aromatic N) is 4. The van der Waals surface area contributed by atoms with E-state index >= 15 is 0 Å². The fraction of sp³-hybridized carbons (Fsp3) is 0.421. The summed E-state index contributed by atoms with van der Waals surface area (Å²) >= 11 is 1.57. The fourth-order valence-electron chi connectivity index (χ4n) is 3.19. The zero-order valence-electron chi connectivity index (χ0n) is 16.0. The summed E-state index contributed by atoms with van der Waals surface area (Å²) in [6.45, 7) is 3.69. The van der Waals surface area contributed by atoms with E-state index in [-0.39, 0.29) is 12.6 Å². The summed E-state index contributed by atoms with van der Waals surface area (Å²) in [5.74, 6) is 1.37. The Morgan fingerprint density at radius 1 is 1.31 bits per heavy atom. The highest BCUT2D eigenvalue weighted by Gasteiger charge is 2.26. The van der Waals surface area contributed by atoms with Crippen molar-refractivity contribution in [3.8, 4) is 27.8 Å². The van der Waals surface area contributed by atoms with Crippen molar-refractivity contribution in [2.75, 3.05) is 13.2 Å². The number of rotatable bonds is 5. The van der Waals surface area contributed by atoms with Crippen molar-refractivity contribution in [3.63, 3.8) is 0 Å². The average molecular weight is 423 g/mol. The molecule has 0 saturated heterocycles. The molecule has 0 aliphatic carbocycles. The molecule has 0 radical (unpaired) electrons. The van der Waals surface area contributed by atoms with E-state index in [1.807, 2.05) is 10.6 Å². The minimum atomic E-state index is -4.23. The molecule has 1 N–H and O–H groups in total. The van der Waals surface area contributed by atoms with Crippen molar-refractivity contribution in [2.45, 2.75) is 39.0 Å². The van der Waals surface area contributed by atoms with Crippen LogP contribution < -0.4 is 10.1 Å². The van der Waals surface area contributed by atoms with Gasteiger partial charge in [0.05, 0.1) is 18.8 Å². The molecule has 0 unspecified atom stereocenters. The number of alkyl halides is 3. The largest absolute Gasteiger partial charge is 0.492 e. The normalized spacial score (nSPS) is 13.7. The van der Waals surface area contributed by atoms with Crippen LogP contribution in [0.3, 0.4) is 0 Å². The second-order valence-corrected chi connectivity index (χ2v) is 8.18. The van der Waals surface area contributed by atoms with E-state index < -0.39 is 12.7 Å². The zero-order valence-corrected chi connectivity index (χ0v) is 16.8. The summed E-state index contributed by atoms with van der Waals surface area (Å²) in [6.07, 6.45) is -1.83. The zero-order chi connectivity index (χ0) is 20.6. The van der Waals surface area contributed by atoms with Gasteiger partial charge in [0.1, 0.15) is 12.1 Å². The molecule has 0 amide bonds. The van der Waals surface area contributed by atoms with Gasteiger partial charge in [-0.3, -0.25) is 0 Å². The van der Waals surface area contributed by atoms with Gasteiger partial charge in [-0.15, -0.1) is 21.5 Å². The van der Waals surface area contributed by atoms with E-state index in [2.05, 4.69) is 29.4 Å². The number of hydrogen-bond acceptors (Lipinski definition) is 6. The van der Waals surface area contributed by atoms with E-state index in [9.17, 15) is 13.2 Å². The molecule has 154 valence electrons. The molecule has 0 atom stereocenters. The fourth-order valence-corrected chi connectivity index (χ4v) is 4.24. The first-order valence-electron chi connectivity index (χ1n) is 9.25. The number of aromatic nitrogens is 4. The van der Waals surface area contributed by atoms with E-state index in [0.29, 0.717) is 18.8 Å². The van der Waals surface area contributed by atoms with E-state index in [4.69, 9.17) is 9.72 Å². The number of halogens is 3. The molecule has 3 heterocycles. The second-order valence-electron chi connectivity index (χ2n) is 7.09. The van der Waals surface area contributed by atoms with Crippen molar-refractivity contribution >= 4 is 11.3 Å². The van der Waals surface area contributed by atoms with Crippen molar-refractivity contribution in [3.05, 3.63) is 35.0 Å². The molecule has 3 aromatic rings. The summed E-state index contributed by atoms with van der Waals surface area (Å²) < 4.78 is 44.9. The molecular formula is C19H20F3N5OS. The molecule has 0 bridgehead atoms. The highest BCUT2D eigenvalue weighted by molar-refractivity contribution is 7.15. The second kappa shape index (κ2) is 7.75. The lowest BCUT2D eigenvalue weighted by Crippen LogP contribution is -2.28. The number of thiazole rings is 1. The van der Waals surface area contributed by atoms with Crippen molar-refractivity contribution < 1.29 is 17.9 Å². The molecule has 10 heteroatoms. The van der Waals surface area contributed by atoms with Crippen LogP contribution in [0.4, 0.5) is 13.2 Å². The van der Waals surface area contributed by atoms with Gasteiger partial charge < -0.3 is 14.6 Å². The first-order valence-corrected chi connectivity index (χ1v) is 10.1. The third kappa shape index (κ3) is 4.27. The minimum Gasteiger partial charge on any atom is -0.492 e. The van der Waals surface area contributed by atoms with Crippen LogP contribution in [0.5, 0.6) is 5.75 Å². The maximum absolute atomic E-state index is 12.3. The van der Waals surface area contributed by atoms with Gasteiger partial charge in [-0.1, -0.05) is 6.07 Å². The molecule has 0 fully saturated rings. The number of hydrogen-bond donors (Lipinski definition) is 1. The van der Waals surface area contributed by atoms with Gasteiger partial charge in [-0.2, -0.15) is 13.2 Å². The molecule has 1 aliphatic heterocycles. The SMILES string of the molecule is CC(C)n1cnnc1-c1nc2c(s1)CCOc1cc(CNCC(F)(F)F)ccc1-2. The van der Waals surface area contributed by atoms with Crippen LogP contribution in [-0.4, -0.2) is 39.1 Å². The van der Waals surface area contributed by atoms with Gasteiger partial charge >= 0.3 is 6.18 Å². The smallest absolute Gasteiger partial charge is 0.401 e. The molecule has 4 rings (SSSR count). The minimum absolute atomic E-state index is 0.114. The van der Waals surface area contributed by atoms with Gasteiger partial charge in [0.15, 0.2) is 10.8 Å². The van der Waals surface area contributed by atoms with Gasteiger partial charge in [-0.25, -0.2) is 4.98 Å². The maximum Gasteiger partial charge on any atom is 0.401 e. The van der Waals surface area contributed by atoms with Gasteiger partial charge in [0, 0.05) is 29.4 Å². The predicted molar refractivity (Wildman–Crippen MR) is 104 cm³/mol. The molecular weight excluding hydrogens is 403 g/mol. The van der Waals surface area contributed by atoms with E-state index in [1.54, 1.807) is 29.8 Å². The van der Waals surface area contributed by atoms with E-state index in [1.165, 1.54) is 0 Å². The number of nitrogens with one attached hydrogen (secondary N) is 1. The lowest BCUT2D eigenvalue weighted by atomic mass is 10.1. The third-order valence-electron chi connectivity index (χ3n) is 4.56. The number of fused-ring (bicyclic) bond motifs is 3. The number of benzene rings is 1. The molecule has 1 aliphatic rings. The van der Waals surface area contributed by atoms with Crippen LogP contribution in [0.2, 0.25) is 0 Å². The summed E-state index contributed by atoms with van der Waals surface area (Å²) in [7, 11) is 0. The quantitative estimate of drug-likeness (QED) is 0.665. The van der Waals surface area contributed by atoms with Crippen LogP contribution >= 0.6 is 11.3 Å². The van der Waals surface area contributed by atoms with Crippen molar-refractivity contribution in [1.82, 2.24) is 25.1 Å². The van der Waals surface area contributed by atoms with Gasteiger partial charge in [0.25, 0.3) is 0 Å².